The Kier molecular flexibility index (Phi) is 9.29. The van der Waals surface area contributed by atoms with Crippen LogP contribution in [-0.2, 0) is 10.5 Å². The van der Waals surface area contributed by atoms with Crippen LogP contribution in [-0.4, -0.2) is 41.2 Å². The van der Waals surface area contributed by atoms with Crippen LogP contribution >= 0.6 is 36.6 Å². The maximum absolute atomic E-state index is 12.1. The highest BCUT2D eigenvalue weighted by Gasteiger charge is 2.34. The Hall–Kier alpha value is -0.490. The molecule has 0 aliphatic carbocycles. The summed E-state index contributed by atoms with van der Waals surface area (Å²) in [5, 5.41) is 0. The maximum atomic E-state index is 12.1. The molecule has 1 aliphatic heterocycles. The zero-order chi connectivity index (χ0) is 13.7. The van der Waals surface area contributed by atoms with E-state index in [0.717, 1.165) is 30.8 Å². The number of likely N-dealkylation sites (tertiary alicyclic amines) is 1. The van der Waals surface area contributed by atoms with Crippen molar-refractivity contribution in [1.82, 2.24) is 9.88 Å². The van der Waals surface area contributed by atoms with E-state index in [1.165, 1.54) is 0 Å². The molecule has 1 aromatic rings. The van der Waals surface area contributed by atoms with Crippen LogP contribution in [0.5, 0.6) is 0 Å². The highest BCUT2D eigenvalue weighted by atomic mass is 35.5. The third-order valence-electron chi connectivity index (χ3n) is 3.62. The smallest absolute Gasteiger partial charge is 0.232 e. The van der Waals surface area contributed by atoms with Crippen LogP contribution in [0.25, 0.3) is 0 Å². The van der Waals surface area contributed by atoms with E-state index in [4.69, 9.17) is 5.73 Å². The summed E-state index contributed by atoms with van der Waals surface area (Å²) in [6.45, 7) is 4.46. The van der Waals surface area contributed by atoms with Gasteiger partial charge in [0.25, 0.3) is 0 Å². The van der Waals surface area contributed by atoms with E-state index >= 15 is 0 Å². The molecule has 0 bridgehead atoms. The quantitative estimate of drug-likeness (QED) is 0.884. The van der Waals surface area contributed by atoms with Gasteiger partial charge in [-0.3, -0.25) is 9.78 Å². The summed E-state index contributed by atoms with van der Waals surface area (Å²) < 4.78 is 0. The first-order chi connectivity index (χ1) is 9.13. The second kappa shape index (κ2) is 9.51. The van der Waals surface area contributed by atoms with Crippen molar-refractivity contribution in [1.29, 1.82) is 0 Å². The lowest BCUT2D eigenvalue weighted by molar-refractivity contribution is -0.127. The number of carbonyl (C=O) groups excluding carboxylic acids is 1. The van der Waals surface area contributed by atoms with Crippen molar-refractivity contribution in [3.05, 3.63) is 30.1 Å². The Balaban J connectivity index is 0.00000200. The summed E-state index contributed by atoms with van der Waals surface area (Å²) in [7, 11) is 0. The zero-order valence-corrected chi connectivity index (χ0v) is 14.6. The Labute approximate surface area is 143 Å². The number of pyridine rings is 1. The summed E-state index contributed by atoms with van der Waals surface area (Å²) >= 11 is 1.65. The fourth-order valence-electron chi connectivity index (χ4n) is 2.23. The molecule has 0 saturated carbocycles. The first-order valence-corrected chi connectivity index (χ1v) is 7.73. The topological polar surface area (TPSA) is 59.2 Å². The molecule has 0 radical (unpaired) electrons. The number of thioether (sulfide) groups is 1. The van der Waals surface area contributed by atoms with E-state index in [2.05, 4.69) is 11.9 Å². The molecule has 21 heavy (non-hydrogen) atoms. The second-order valence-corrected chi connectivity index (χ2v) is 6.42. The number of aromatic nitrogens is 1. The van der Waals surface area contributed by atoms with Gasteiger partial charge < -0.3 is 10.6 Å². The van der Waals surface area contributed by atoms with Gasteiger partial charge in [-0.1, -0.05) is 13.0 Å². The van der Waals surface area contributed by atoms with Crippen LogP contribution in [0, 0.1) is 5.41 Å². The molecular weight excluding hydrogens is 329 g/mol. The molecule has 1 fully saturated rings. The van der Waals surface area contributed by atoms with Gasteiger partial charge in [0.05, 0.1) is 5.75 Å². The molecule has 2 rings (SSSR count). The van der Waals surface area contributed by atoms with E-state index in [0.29, 0.717) is 12.3 Å². The van der Waals surface area contributed by atoms with Crippen molar-refractivity contribution in [2.45, 2.75) is 19.1 Å². The number of nitrogens with two attached hydrogens (primary N) is 1. The first-order valence-electron chi connectivity index (χ1n) is 6.57. The lowest BCUT2D eigenvalue weighted by atomic mass is 9.90. The molecule has 1 saturated heterocycles. The van der Waals surface area contributed by atoms with Gasteiger partial charge in [0.1, 0.15) is 0 Å². The molecule has 1 aromatic heterocycles. The minimum Gasteiger partial charge on any atom is -0.341 e. The highest BCUT2D eigenvalue weighted by molar-refractivity contribution is 7.99. The minimum atomic E-state index is 0. The average molecular weight is 352 g/mol. The third-order valence-corrected chi connectivity index (χ3v) is 4.61. The van der Waals surface area contributed by atoms with Crippen molar-refractivity contribution >= 4 is 42.5 Å². The molecule has 4 nitrogen and oxygen atoms in total. The van der Waals surface area contributed by atoms with Crippen LogP contribution in [0.3, 0.4) is 0 Å². The fourth-order valence-corrected chi connectivity index (χ4v) is 3.10. The molecule has 7 heteroatoms. The lowest BCUT2D eigenvalue weighted by Crippen LogP contribution is -2.35. The molecule has 120 valence electrons. The standard InChI is InChI=1S/C14H21N3OS.2ClH/c1-14(10-15)4-6-17(11-14)13(18)9-19-8-12-3-2-5-16-7-12;;/h2-3,5,7H,4,6,8-11,15H2,1H3;2*1H. The molecule has 0 aromatic carbocycles. The fraction of sp³-hybridized carbons (Fsp3) is 0.571. The van der Waals surface area contributed by atoms with Gasteiger partial charge >= 0.3 is 0 Å². The number of hydrogen-bond donors (Lipinski definition) is 1. The lowest BCUT2D eigenvalue weighted by Gasteiger charge is -2.22. The SMILES string of the molecule is CC1(CN)CCN(C(=O)CSCc2cccnc2)C1.Cl.Cl. The van der Waals surface area contributed by atoms with E-state index in [9.17, 15) is 4.79 Å². The van der Waals surface area contributed by atoms with Crippen molar-refractivity contribution in [2.75, 3.05) is 25.4 Å². The summed E-state index contributed by atoms with van der Waals surface area (Å²) in [4.78, 5) is 18.1. The van der Waals surface area contributed by atoms with Crippen molar-refractivity contribution in [3.63, 3.8) is 0 Å². The van der Waals surface area contributed by atoms with Gasteiger partial charge in [0.2, 0.25) is 5.91 Å². The zero-order valence-electron chi connectivity index (χ0n) is 12.2. The predicted molar refractivity (Wildman–Crippen MR) is 93.3 cm³/mol. The van der Waals surface area contributed by atoms with Crippen LogP contribution < -0.4 is 5.73 Å². The van der Waals surface area contributed by atoms with Crippen molar-refractivity contribution < 1.29 is 4.79 Å². The normalized spacial score (nSPS) is 20.6. The van der Waals surface area contributed by atoms with Crippen molar-refractivity contribution in [3.8, 4) is 0 Å². The Bertz CT molecular complexity index is 435. The third kappa shape index (κ3) is 6.02. The van der Waals surface area contributed by atoms with Gasteiger partial charge in [-0.05, 0) is 30.0 Å². The average Bonchev–Trinajstić information content (AvgIpc) is 2.83. The van der Waals surface area contributed by atoms with E-state index in [1.54, 1.807) is 18.0 Å². The number of amides is 1. The maximum Gasteiger partial charge on any atom is 0.232 e. The van der Waals surface area contributed by atoms with Gasteiger partial charge in [0, 0.05) is 31.2 Å². The van der Waals surface area contributed by atoms with Gasteiger partial charge in [-0.25, -0.2) is 0 Å². The Morgan fingerprint density at radius 1 is 1.52 bits per heavy atom. The van der Waals surface area contributed by atoms with Gasteiger partial charge in [0.15, 0.2) is 0 Å². The van der Waals surface area contributed by atoms with E-state index in [1.807, 2.05) is 23.2 Å². The molecule has 1 atom stereocenters. The summed E-state index contributed by atoms with van der Waals surface area (Å²) in [5.41, 5.74) is 7.03. The molecule has 2 N–H and O–H groups in total. The summed E-state index contributed by atoms with van der Waals surface area (Å²) in [6, 6.07) is 3.96. The summed E-state index contributed by atoms with van der Waals surface area (Å²) in [6.07, 6.45) is 4.62. The Morgan fingerprint density at radius 3 is 2.86 bits per heavy atom. The van der Waals surface area contributed by atoms with Gasteiger partial charge in [-0.2, -0.15) is 0 Å². The highest BCUT2D eigenvalue weighted by Crippen LogP contribution is 2.28. The first kappa shape index (κ1) is 20.5. The molecule has 0 spiro atoms. The van der Waals surface area contributed by atoms with E-state index < -0.39 is 0 Å². The number of hydrogen-bond acceptors (Lipinski definition) is 4. The van der Waals surface area contributed by atoms with Gasteiger partial charge in [-0.15, -0.1) is 36.6 Å². The number of halogens is 2. The molecule has 1 amide bonds. The monoisotopic (exact) mass is 351 g/mol. The second-order valence-electron chi connectivity index (χ2n) is 5.43. The summed E-state index contributed by atoms with van der Waals surface area (Å²) in [5.74, 6) is 1.60. The van der Waals surface area contributed by atoms with Crippen LogP contribution in [0.15, 0.2) is 24.5 Å². The predicted octanol–water partition coefficient (Wildman–Crippen LogP) is 2.36. The van der Waals surface area contributed by atoms with E-state index in [-0.39, 0.29) is 36.1 Å². The number of rotatable bonds is 5. The van der Waals surface area contributed by atoms with Crippen LogP contribution in [0.2, 0.25) is 0 Å². The molecule has 1 unspecified atom stereocenters. The van der Waals surface area contributed by atoms with Crippen LogP contribution in [0.4, 0.5) is 0 Å². The number of nitrogens with zero attached hydrogens (tertiary/aromatic N) is 2. The minimum absolute atomic E-state index is 0. The molecule has 2 heterocycles. The number of carbonyl (C=O) groups is 1. The van der Waals surface area contributed by atoms with Crippen LogP contribution in [0.1, 0.15) is 18.9 Å². The Morgan fingerprint density at radius 2 is 2.29 bits per heavy atom. The largest absolute Gasteiger partial charge is 0.341 e. The molecular formula is C14H23Cl2N3OS. The van der Waals surface area contributed by atoms with Crippen molar-refractivity contribution in [2.24, 2.45) is 11.1 Å². The molecule has 1 aliphatic rings.